The minimum Gasteiger partial charge on any atom is -0.342 e. The van der Waals surface area contributed by atoms with Crippen molar-refractivity contribution in [3.63, 3.8) is 0 Å². The molecule has 0 unspecified atom stereocenters. The first-order valence-electron chi connectivity index (χ1n) is 7.19. The minimum absolute atomic E-state index is 0.0965. The molecular formula is C16H21BrN2O2. The normalized spacial score (nSPS) is 15.1. The molecule has 0 aromatic heterocycles. The summed E-state index contributed by atoms with van der Waals surface area (Å²) < 4.78 is 0.820. The van der Waals surface area contributed by atoms with E-state index in [-0.39, 0.29) is 11.8 Å². The van der Waals surface area contributed by atoms with E-state index in [0.29, 0.717) is 5.69 Å². The predicted molar refractivity (Wildman–Crippen MR) is 87.1 cm³/mol. The molecule has 1 fully saturated rings. The third-order valence-electron chi connectivity index (χ3n) is 3.87. The molecule has 1 aliphatic rings. The highest BCUT2D eigenvalue weighted by molar-refractivity contribution is 9.10. The zero-order valence-electron chi connectivity index (χ0n) is 12.7. The summed E-state index contributed by atoms with van der Waals surface area (Å²) in [7, 11) is 0. The minimum atomic E-state index is -1.06. The lowest BCUT2D eigenvalue weighted by molar-refractivity contribution is -0.145. The van der Waals surface area contributed by atoms with E-state index < -0.39 is 5.41 Å². The quantitative estimate of drug-likeness (QED) is 0.848. The highest BCUT2D eigenvalue weighted by atomic mass is 79.9. The molecule has 2 amide bonds. The highest BCUT2D eigenvalue weighted by Gasteiger charge is 2.40. The van der Waals surface area contributed by atoms with E-state index in [0.717, 1.165) is 36.0 Å². The van der Waals surface area contributed by atoms with Crippen molar-refractivity contribution in [1.29, 1.82) is 0 Å². The number of carbonyl (C=O) groups excluding carboxylic acids is 2. The predicted octanol–water partition coefficient (Wildman–Crippen LogP) is 3.34. The van der Waals surface area contributed by atoms with Gasteiger partial charge < -0.3 is 10.2 Å². The zero-order chi connectivity index (χ0) is 15.6. The molecule has 0 aliphatic carbocycles. The molecule has 1 saturated heterocycles. The Morgan fingerprint density at radius 3 is 2.43 bits per heavy atom. The largest absolute Gasteiger partial charge is 0.342 e. The summed E-state index contributed by atoms with van der Waals surface area (Å²) in [5.74, 6) is -0.371. The van der Waals surface area contributed by atoms with Crippen LogP contribution in [0.1, 0.15) is 32.3 Å². The lowest BCUT2D eigenvalue weighted by Gasteiger charge is -2.28. The van der Waals surface area contributed by atoms with Crippen LogP contribution in [0.25, 0.3) is 0 Å². The fourth-order valence-electron chi connectivity index (χ4n) is 2.41. The number of anilines is 1. The summed E-state index contributed by atoms with van der Waals surface area (Å²) in [5.41, 5.74) is 0.731. The molecular weight excluding hydrogens is 332 g/mol. The van der Waals surface area contributed by atoms with Crippen molar-refractivity contribution in [2.24, 2.45) is 5.41 Å². The molecule has 4 nitrogen and oxygen atoms in total. The van der Waals surface area contributed by atoms with Gasteiger partial charge in [-0.05, 0) is 67.2 Å². The van der Waals surface area contributed by atoms with Crippen molar-refractivity contribution < 1.29 is 9.59 Å². The number of nitrogens with zero attached hydrogens (tertiary/aromatic N) is 1. The molecule has 1 aromatic rings. The lowest BCUT2D eigenvalue weighted by Crippen LogP contribution is -2.46. The number of benzene rings is 1. The van der Waals surface area contributed by atoms with Gasteiger partial charge in [0.15, 0.2) is 0 Å². The Labute approximate surface area is 134 Å². The molecule has 0 spiro atoms. The number of nitrogens with one attached hydrogen (secondary N) is 1. The fourth-order valence-corrected chi connectivity index (χ4v) is 3.01. The summed E-state index contributed by atoms with van der Waals surface area (Å²) in [4.78, 5) is 26.8. The Kier molecular flexibility index (Phi) is 4.71. The molecule has 114 valence electrons. The summed E-state index contributed by atoms with van der Waals surface area (Å²) >= 11 is 3.44. The maximum atomic E-state index is 12.5. The van der Waals surface area contributed by atoms with E-state index in [1.165, 1.54) is 0 Å². The highest BCUT2D eigenvalue weighted by Crippen LogP contribution is 2.28. The van der Waals surface area contributed by atoms with Crippen LogP contribution in [0.2, 0.25) is 0 Å². The maximum absolute atomic E-state index is 12.5. The van der Waals surface area contributed by atoms with E-state index in [9.17, 15) is 9.59 Å². The molecule has 2 rings (SSSR count). The van der Waals surface area contributed by atoms with Crippen LogP contribution in [0.4, 0.5) is 5.69 Å². The molecule has 0 atom stereocenters. The second kappa shape index (κ2) is 6.18. The Balaban J connectivity index is 2.12. The van der Waals surface area contributed by atoms with Gasteiger partial charge in [-0.3, -0.25) is 9.59 Å². The fraction of sp³-hybridized carbons (Fsp3) is 0.500. The van der Waals surface area contributed by atoms with Gasteiger partial charge in [0.25, 0.3) is 0 Å². The Morgan fingerprint density at radius 1 is 1.24 bits per heavy atom. The average Bonchev–Trinajstić information content (AvgIpc) is 2.94. The molecule has 1 aromatic carbocycles. The molecule has 5 heteroatoms. The number of amides is 2. The van der Waals surface area contributed by atoms with E-state index in [2.05, 4.69) is 21.2 Å². The smallest absolute Gasteiger partial charge is 0.239 e. The summed E-state index contributed by atoms with van der Waals surface area (Å²) in [5, 5.41) is 2.85. The van der Waals surface area contributed by atoms with Gasteiger partial charge >= 0.3 is 0 Å². The van der Waals surface area contributed by atoms with Crippen LogP contribution in [-0.4, -0.2) is 29.8 Å². The van der Waals surface area contributed by atoms with Crippen LogP contribution in [0, 0.1) is 12.3 Å². The summed E-state index contributed by atoms with van der Waals surface area (Å²) in [6.45, 7) is 6.86. The van der Waals surface area contributed by atoms with Crippen molar-refractivity contribution in [1.82, 2.24) is 4.90 Å². The van der Waals surface area contributed by atoms with Gasteiger partial charge in [-0.1, -0.05) is 6.07 Å². The topological polar surface area (TPSA) is 49.4 Å². The SMILES string of the molecule is Cc1ccc(NC(=O)C(C)(C)C(=O)N2CCCC2)c(Br)c1. The molecule has 1 aliphatic heterocycles. The summed E-state index contributed by atoms with van der Waals surface area (Å²) in [6, 6.07) is 5.70. The van der Waals surface area contributed by atoms with Crippen molar-refractivity contribution in [2.75, 3.05) is 18.4 Å². The third kappa shape index (κ3) is 3.46. The van der Waals surface area contributed by atoms with Gasteiger partial charge in [0, 0.05) is 17.6 Å². The second-order valence-corrected chi connectivity index (χ2v) is 6.92. The number of halogens is 1. The first-order chi connectivity index (χ1) is 9.82. The molecule has 1 heterocycles. The first-order valence-corrected chi connectivity index (χ1v) is 7.98. The van der Waals surface area contributed by atoms with Crippen LogP contribution in [0.3, 0.4) is 0 Å². The molecule has 0 radical (unpaired) electrons. The first kappa shape index (κ1) is 16.0. The van der Waals surface area contributed by atoms with E-state index in [1.54, 1.807) is 18.7 Å². The molecule has 21 heavy (non-hydrogen) atoms. The zero-order valence-corrected chi connectivity index (χ0v) is 14.3. The number of rotatable bonds is 3. The third-order valence-corrected chi connectivity index (χ3v) is 4.52. The molecule has 1 N–H and O–H groups in total. The maximum Gasteiger partial charge on any atom is 0.239 e. The van der Waals surface area contributed by atoms with Gasteiger partial charge in [-0.25, -0.2) is 0 Å². The summed E-state index contributed by atoms with van der Waals surface area (Å²) in [6.07, 6.45) is 2.04. The van der Waals surface area contributed by atoms with Gasteiger partial charge in [-0.15, -0.1) is 0 Å². The van der Waals surface area contributed by atoms with Crippen LogP contribution in [0.5, 0.6) is 0 Å². The monoisotopic (exact) mass is 352 g/mol. The van der Waals surface area contributed by atoms with Gasteiger partial charge in [0.1, 0.15) is 5.41 Å². The Hall–Kier alpha value is -1.36. The van der Waals surface area contributed by atoms with Crippen molar-refractivity contribution >= 4 is 33.4 Å². The Bertz CT molecular complexity index is 563. The van der Waals surface area contributed by atoms with Crippen molar-refractivity contribution in [3.8, 4) is 0 Å². The molecule has 0 saturated carbocycles. The lowest BCUT2D eigenvalue weighted by atomic mass is 9.90. The number of hydrogen-bond acceptors (Lipinski definition) is 2. The van der Waals surface area contributed by atoms with Crippen LogP contribution >= 0.6 is 15.9 Å². The van der Waals surface area contributed by atoms with Crippen molar-refractivity contribution in [3.05, 3.63) is 28.2 Å². The van der Waals surface area contributed by atoms with Crippen LogP contribution < -0.4 is 5.32 Å². The number of hydrogen-bond donors (Lipinski definition) is 1. The van der Waals surface area contributed by atoms with Gasteiger partial charge in [0.05, 0.1) is 5.69 Å². The van der Waals surface area contributed by atoms with E-state index >= 15 is 0 Å². The Morgan fingerprint density at radius 2 is 1.86 bits per heavy atom. The standard InChI is InChI=1S/C16H21BrN2O2/c1-11-6-7-13(12(17)10-11)18-14(20)16(2,3)15(21)19-8-4-5-9-19/h6-7,10H,4-5,8-9H2,1-3H3,(H,18,20). The van der Waals surface area contributed by atoms with Gasteiger partial charge in [-0.2, -0.15) is 0 Å². The number of likely N-dealkylation sites (tertiary alicyclic amines) is 1. The second-order valence-electron chi connectivity index (χ2n) is 6.06. The number of carbonyl (C=O) groups is 2. The van der Waals surface area contributed by atoms with Crippen molar-refractivity contribution in [2.45, 2.75) is 33.6 Å². The van der Waals surface area contributed by atoms with Crippen LogP contribution in [-0.2, 0) is 9.59 Å². The number of aryl methyl sites for hydroxylation is 1. The van der Waals surface area contributed by atoms with E-state index in [4.69, 9.17) is 0 Å². The van der Waals surface area contributed by atoms with Gasteiger partial charge in [0.2, 0.25) is 11.8 Å². The van der Waals surface area contributed by atoms with E-state index in [1.807, 2.05) is 25.1 Å². The average molecular weight is 353 g/mol. The van der Waals surface area contributed by atoms with Crippen LogP contribution in [0.15, 0.2) is 22.7 Å². The molecule has 0 bridgehead atoms.